The average Bonchev–Trinajstić information content (AvgIpc) is 2.34. The molecule has 0 saturated heterocycles. The first kappa shape index (κ1) is 14.9. The summed E-state index contributed by atoms with van der Waals surface area (Å²) in [6, 6.07) is 2.21. The number of nitrogens with zero attached hydrogens (tertiary/aromatic N) is 2. The van der Waals surface area contributed by atoms with Gasteiger partial charge in [-0.2, -0.15) is 0 Å². The van der Waals surface area contributed by atoms with E-state index in [-0.39, 0.29) is 17.4 Å². The number of carbonyl (C=O) groups excluding carboxylic acids is 1. The minimum absolute atomic E-state index is 0.0935. The molecule has 1 atom stereocenters. The molecular formula is C12H18N4O3. The van der Waals surface area contributed by atoms with Crippen molar-refractivity contribution in [3.63, 3.8) is 0 Å². The molecule has 2 N–H and O–H groups in total. The summed E-state index contributed by atoms with van der Waals surface area (Å²) in [7, 11) is 1.52. The second kappa shape index (κ2) is 5.64. The number of carbonyl (C=O) groups is 1. The van der Waals surface area contributed by atoms with E-state index in [0.717, 1.165) is 0 Å². The lowest BCUT2D eigenvalue weighted by molar-refractivity contribution is -0.384. The van der Waals surface area contributed by atoms with Gasteiger partial charge in [-0.3, -0.25) is 14.9 Å². The highest BCUT2D eigenvalue weighted by atomic mass is 16.6. The van der Waals surface area contributed by atoms with Gasteiger partial charge in [0.15, 0.2) is 0 Å². The first-order chi connectivity index (χ1) is 8.77. The Kier molecular flexibility index (Phi) is 4.42. The van der Waals surface area contributed by atoms with Gasteiger partial charge in [-0.05, 0) is 11.5 Å². The van der Waals surface area contributed by atoms with Crippen LogP contribution < -0.4 is 10.6 Å². The highest BCUT2D eigenvalue weighted by Gasteiger charge is 2.32. The maximum absolute atomic E-state index is 11.9. The number of rotatable bonds is 4. The van der Waals surface area contributed by atoms with Crippen molar-refractivity contribution in [2.75, 3.05) is 12.4 Å². The molecule has 0 radical (unpaired) electrons. The van der Waals surface area contributed by atoms with Crippen LogP contribution in [0.4, 0.5) is 11.5 Å². The predicted molar refractivity (Wildman–Crippen MR) is 71.8 cm³/mol. The van der Waals surface area contributed by atoms with E-state index >= 15 is 0 Å². The molecule has 0 aliphatic heterocycles. The van der Waals surface area contributed by atoms with E-state index in [2.05, 4.69) is 15.6 Å². The molecule has 0 aliphatic carbocycles. The number of hydrogen-bond donors (Lipinski definition) is 2. The summed E-state index contributed by atoms with van der Waals surface area (Å²) >= 11 is 0. The third kappa shape index (κ3) is 3.64. The Hall–Kier alpha value is -2.18. The first-order valence-corrected chi connectivity index (χ1v) is 5.85. The lowest BCUT2D eigenvalue weighted by atomic mass is 9.86. The highest BCUT2D eigenvalue weighted by Crippen LogP contribution is 2.27. The SMILES string of the molecule is CNC(=O)C(Nc1ncccc1[N+](=O)[O-])C(C)(C)C. The van der Waals surface area contributed by atoms with Crippen molar-refractivity contribution >= 4 is 17.4 Å². The van der Waals surface area contributed by atoms with Crippen molar-refractivity contribution in [3.8, 4) is 0 Å². The van der Waals surface area contributed by atoms with Crippen molar-refractivity contribution in [3.05, 3.63) is 28.4 Å². The second-order valence-corrected chi connectivity index (χ2v) is 5.19. The normalized spacial score (nSPS) is 12.6. The van der Waals surface area contributed by atoms with Crippen LogP contribution in [0.15, 0.2) is 18.3 Å². The standard InChI is InChI=1S/C12H18N4O3/c1-12(2,3)9(11(17)13-4)15-10-8(16(18)19)6-5-7-14-10/h5-7,9H,1-4H3,(H,13,17)(H,14,15). The van der Waals surface area contributed by atoms with Gasteiger partial charge in [-0.1, -0.05) is 20.8 Å². The number of aromatic nitrogens is 1. The number of nitrogens with one attached hydrogen (secondary N) is 2. The number of hydrogen-bond acceptors (Lipinski definition) is 5. The summed E-state index contributed by atoms with van der Waals surface area (Å²) in [4.78, 5) is 26.2. The van der Waals surface area contributed by atoms with E-state index in [4.69, 9.17) is 0 Å². The van der Waals surface area contributed by atoms with Crippen molar-refractivity contribution in [1.29, 1.82) is 0 Å². The van der Waals surface area contributed by atoms with Gasteiger partial charge >= 0.3 is 5.69 Å². The van der Waals surface area contributed by atoms with Crippen LogP contribution in [0.3, 0.4) is 0 Å². The monoisotopic (exact) mass is 266 g/mol. The van der Waals surface area contributed by atoms with Crippen LogP contribution in [0, 0.1) is 15.5 Å². The fraction of sp³-hybridized carbons (Fsp3) is 0.500. The van der Waals surface area contributed by atoms with Crippen molar-refractivity contribution in [2.24, 2.45) is 5.41 Å². The third-order valence-corrected chi connectivity index (χ3v) is 2.64. The van der Waals surface area contributed by atoms with E-state index in [1.807, 2.05) is 20.8 Å². The van der Waals surface area contributed by atoms with Gasteiger partial charge in [-0.15, -0.1) is 0 Å². The molecule has 7 nitrogen and oxygen atoms in total. The fourth-order valence-electron chi connectivity index (χ4n) is 1.61. The molecular weight excluding hydrogens is 248 g/mol. The van der Waals surface area contributed by atoms with Crippen LogP contribution in [0.2, 0.25) is 0 Å². The molecule has 0 aromatic carbocycles. The van der Waals surface area contributed by atoms with Crippen LogP contribution in [-0.4, -0.2) is 28.9 Å². The Morgan fingerprint density at radius 1 is 1.47 bits per heavy atom. The molecule has 104 valence electrons. The number of amides is 1. The Labute approximate surface area is 111 Å². The van der Waals surface area contributed by atoms with Gasteiger partial charge in [-0.25, -0.2) is 4.98 Å². The van der Waals surface area contributed by atoms with Crippen LogP contribution in [0.1, 0.15) is 20.8 Å². The quantitative estimate of drug-likeness (QED) is 0.636. The Morgan fingerprint density at radius 2 is 2.11 bits per heavy atom. The summed E-state index contributed by atoms with van der Waals surface area (Å²) in [6.07, 6.45) is 1.44. The van der Waals surface area contributed by atoms with Crippen LogP contribution in [0.5, 0.6) is 0 Å². The highest BCUT2D eigenvalue weighted by molar-refractivity contribution is 5.85. The minimum atomic E-state index is -0.619. The largest absolute Gasteiger partial charge is 0.357 e. The maximum atomic E-state index is 11.9. The molecule has 0 aliphatic rings. The number of pyridine rings is 1. The van der Waals surface area contributed by atoms with Crippen molar-refractivity contribution in [1.82, 2.24) is 10.3 Å². The summed E-state index contributed by atoms with van der Waals surface area (Å²) in [5, 5.41) is 16.3. The van der Waals surface area contributed by atoms with E-state index in [0.29, 0.717) is 0 Å². The molecule has 0 saturated carbocycles. The summed E-state index contributed by atoms with van der Waals surface area (Å²) < 4.78 is 0. The molecule has 1 heterocycles. The van der Waals surface area contributed by atoms with Crippen LogP contribution in [0.25, 0.3) is 0 Å². The Morgan fingerprint density at radius 3 is 2.58 bits per heavy atom. The number of likely N-dealkylation sites (N-methyl/N-ethyl adjacent to an activating group) is 1. The minimum Gasteiger partial charge on any atom is -0.357 e. The van der Waals surface area contributed by atoms with Gasteiger partial charge < -0.3 is 10.6 Å². The number of nitro groups is 1. The molecule has 0 fully saturated rings. The Bertz CT molecular complexity index is 482. The zero-order valence-corrected chi connectivity index (χ0v) is 11.4. The zero-order chi connectivity index (χ0) is 14.6. The molecule has 7 heteroatoms. The molecule has 1 aromatic rings. The number of anilines is 1. The van der Waals surface area contributed by atoms with E-state index in [1.165, 1.54) is 25.4 Å². The molecule has 19 heavy (non-hydrogen) atoms. The van der Waals surface area contributed by atoms with Gasteiger partial charge in [0.05, 0.1) is 4.92 Å². The molecule has 0 bridgehead atoms. The molecule has 1 unspecified atom stereocenters. The topological polar surface area (TPSA) is 97.2 Å². The van der Waals surface area contributed by atoms with Gasteiger partial charge in [0.1, 0.15) is 6.04 Å². The van der Waals surface area contributed by atoms with Crippen molar-refractivity contribution in [2.45, 2.75) is 26.8 Å². The third-order valence-electron chi connectivity index (χ3n) is 2.64. The summed E-state index contributed by atoms with van der Waals surface area (Å²) in [6.45, 7) is 5.61. The van der Waals surface area contributed by atoms with Gasteiger partial charge in [0.25, 0.3) is 0 Å². The molecule has 1 rings (SSSR count). The van der Waals surface area contributed by atoms with Gasteiger partial charge in [0.2, 0.25) is 11.7 Å². The van der Waals surface area contributed by atoms with Crippen molar-refractivity contribution < 1.29 is 9.72 Å². The average molecular weight is 266 g/mol. The van der Waals surface area contributed by atoms with Crippen LogP contribution >= 0.6 is 0 Å². The summed E-state index contributed by atoms with van der Waals surface area (Å²) in [5.74, 6) is -0.150. The lowest BCUT2D eigenvalue weighted by Crippen LogP contribution is -2.46. The van der Waals surface area contributed by atoms with E-state index in [9.17, 15) is 14.9 Å². The van der Waals surface area contributed by atoms with Crippen LogP contribution in [-0.2, 0) is 4.79 Å². The first-order valence-electron chi connectivity index (χ1n) is 5.85. The lowest BCUT2D eigenvalue weighted by Gasteiger charge is -2.30. The molecule has 0 spiro atoms. The smallest absolute Gasteiger partial charge is 0.311 e. The predicted octanol–water partition coefficient (Wildman–Crippen LogP) is 1.56. The molecule has 1 amide bonds. The Balaban J connectivity index is 3.11. The van der Waals surface area contributed by atoms with E-state index < -0.39 is 16.4 Å². The summed E-state index contributed by atoms with van der Waals surface area (Å²) in [5.41, 5.74) is -0.563. The van der Waals surface area contributed by atoms with E-state index in [1.54, 1.807) is 0 Å². The van der Waals surface area contributed by atoms with Gasteiger partial charge in [0, 0.05) is 19.3 Å². The fourth-order valence-corrected chi connectivity index (χ4v) is 1.61. The second-order valence-electron chi connectivity index (χ2n) is 5.19. The maximum Gasteiger partial charge on any atom is 0.311 e. The molecule has 1 aromatic heterocycles. The zero-order valence-electron chi connectivity index (χ0n) is 11.4.